The Bertz CT molecular complexity index is 379. The van der Waals surface area contributed by atoms with Crippen molar-refractivity contribution in [1.29, 1.82) is 0 Å². The molecule has 0 heterocycles. The molecule has 0 unspecified atom stereocenters. The van der Waals surface area contributed by atoms with E-state index in [9.17, 15) is 4.79 Å². The van der Waals surface area contributed by atoms with Gasteiger partial charge in [0.1, 0.15) is 6.04 Å². The van der Waals surface area contributed by atoms with Gasteiger partial charge in [-0.1, -0.05) is 26.0 Å². The van der Waals surface area contributed by atoms with Gasteiger partial charge in [-0.2, -0.15) is 0 Å². The topological polar surface area (TPSA) is 49.3 Å². The molecule has 0 aromatic heterocycles. The number of hydrogen-bond acceptors (Lipinski definition) is 2. The maximum atomic E-state index is 11.1. The van der Waals surface area contributed by atoms with Crippen LogP contribution in [0.15, 0.2) is 24.3 Å². The normalized spacial score (nSPS) is 12.7. The molecule has 0 aliphatic heterocycles. The second-order valence-electron chi connectivity index (χ2n) is 4.53. The molecule has 1 aromatic carbocycles. The monoisotopic (exact) mass is 347 g/mol. The van der Waals surface area contributed by atoms with Gasteiger partial charge in [0.15, 0.2) is 0 Å². The summed E-state index contributed by atoms with van der Waals surface area (Å²) in [5.41, 5.74) is 1.12. The van der Waals surface area contributed by atoms with Crippen molar-refractivity contribution in [1.82, 2.24) is 5.32 Å². The minimum atomic E-state index is -0.774. The number of hydrogen-bond donors (Lipinski definition) is 2. The SMILES string of the molecule is CC(C)C[C@H](NCc1cccc(I)c1)C(=O)O. The van der Waals surface area contributed by atoms with E-state index in [4.69, 9.17) is 5.11 Å². The molecule has 0 spiro atoms. The summed E-state index contributed by atoms with van der Waals surface area (Å²) in [4.78, 5) is 11.1. The summed E-state index contributed by atoms with van der Waals surface area (Å²) in [5, 5.41) is 12.2. The molecule has 0 saturated carbocycles. The van der Waals surface area contributed by atoms with E-state index in [1.807, 2.05) is 32.0 Å². The highest BCUT2D eigenvalue weighted by Crippen LogP contribution is 2.09. The molecule has 1 rings (SSSR count). The quantitative estimate of drug-likeness (QED) is 0.778. The lowest BCUT2D eigenvalue weighted by molar-refractivity contribution is -0.140. The fourth-order valence-corrected chi connectivity index (χ4v) is 2.24. The molecule has 0 fully saturated rings. The highest BCUT2D eigenvalue weighted by Gasteiger charge is 2.17. The summed E-state index contributed by atoms with van der Waals surface area (Å²) >= 11 is 2.25. The van der Waals surface area contributed by atoms with E-state index in [0.717, 1.165) is 9.13 Å². The summed E-state index contributed by atoms with van der Waals surface area (Å²) < 4.78 is 1.16. The van der Waals surface area contributed by atoms with Crippen molar-refractivity contribution in [3.8, 4) is 0 Å². The van der Waals surface area contributed by atoms with E-state index in [2.05, 4.69) is 34.0 Å². The van der Waals surface area contributed by atoms with Crippen molar-refractivity contribution in [2.45, 2.75) is 32.9 Å². The molecule has 0 radical (unpaired) electrons. The van der Waals surface area contributed by atoms with E-state index in [0.29, 0.717) is 18.9 Å². The van der Waals surface area contributed by atoms with Gasteiger partial charge in [-0.15, -0.1) is 0 Å². The molecule has 17 heavy (non-hydrogen) atoms. The lowest BCUT2D eigenvalue weighted by Gasteiger charge is -2.16. The molecule has 0 bridgehead atoms. The Morgan fingerprint density at radius 1 is 1.47 bits per heavy atom. The van der Waals surface area contributed by atoms with E-state index in [1.165, 1.54) is 0 Å². The van der Waals surface area contributed by atoms with Crippen LogP contribution in [0.25, 0.3) is 0 Å². The zero-order chi connectivity index (χ0) is 12.8. The Labute approximate surface area is 116 Å². The van der Waals surface area contributed by atoms with Gasteiger partial charge in [0.25, 0.3) is 0 Å². The predicted octanol–water partition coefficient (Wildman–Crippen LogP) is 2.88. The lowest BCUT2D eigenvalue weighted by Crippen LogP contribution is -2.37. The Hall–Kier alpha value is -0.620. The van der Waals surface area contributed by atoms with E-state index < -0.39 is 12.0 Å². The predicted molar refractivity (Wildman–Crippen MR) is 76.9 cm³/mol. The van der Waals surface area contributed by atoms with Crippen LogP contribution < -0.4 is 5.32 Å². The number of benzene rings is 1. The maximum Gasteiger partial charge on any atom is 0.320 e. The highest BCUT2D eigenvalue weighted by atomic mass is 127. The van der Waals surface area contributed by atoms with Gasteiger partial charge in [0, 0.05) is 10.1 Å². The van der Waals surface area contributed by atoms with Crippen molar-refractivity contribution < 1.29 is 9.90 Å². The third kappa shape index (κ3) is 5.50. The number of carbonyl (C=O) groups is 1. The fourth-order valence-electron chi connectivity index (χ4n) is 1.63. The van der Waals surface area contributed by atoms with Gasteiger partial charge in [-0.05, 0) is 52.6 Å². The Kier molecular flexibility index (Phi) is 5.91. The number of carboxylic acids is 1. The average molecular weight is 347 g/mol. The number of halogens is 1. The third-order valence-corrected chi connectivity index (χ3v) is 3.12. The molecular weight excluding hydrogens is 329 g/mol. The van der Waals surface area contributed by atoms with Crippen LogP contribution in [0, 0.1) is 9.49 Å². The zero-order valence-electron chi connectivity index (χ0n) is 10.1. The number of carboxylic acid groups (broad SMARTS) is 1. The van der Waals surface area contributed by atoms with Crippen LogP contribution in [0.1, 0.15) is 25.8 Å². The first-order valence-electron chi connectivity index (χ1n) is 5.69. The molecule has 1 atom stereocenters. The Morgan fingerprint density at radius 3 is 2.71 bits per heavy atom. The molecule has 1 aromatic rings. The molecule has 0 aliphatic rings. The van der Waals surface area contributed by atoms with Gasteiger partial charge in [0.05, 0.1) is 0 Å². The molecule has 3 nitrogen and oxygen atoms in total. The zero-order valence-corrected chi connectivity index (χ0v) is 12.3. The van der Waals surface area contributed by atoms with E-state index >= 15 is 0 Å². The molecule has 0 aliphatic carbocycles. The Balaban J connectivity index is 2.54. The first-order valence-corrected chi connectivity index (χ1v) is 6.77. The lowest BCUT2D eigenvalue weighted by atomic mass is 10.0. The molecule has 4 heteroatoms. The van der Waals surface area contributed by atoms with Crippen molar-refractivity contribution in [2.24, 2.45) is 5.92 Å². The van der Waals surface area contributed by atoms with Crippen molar-refractivity contribution in [2.75, 3.05) is 0 Å². The molecule has 94 valence electrons. The average Bonchev–Trinajstić information content (AvgIpc) is 2.23. The Morgan fingerprint density at radius 2 is 2.18 bits per heavy atom. The minimum absolute atomic E-state index is 0.375. The molecule has 2 N–H and O–H groups in total. The van der Waals surface area contributed by atoms with Crippen LogP contribution in [0.2, 0.25) is 0 Å². The van der Waals surface area contributed by atoms with Crippen LogP contribution in [-0.4, -0.2) is 17.1 Å². The van der Waals surface area contributed by atoms with Crippen molar-refractivity contribution >= 4 is 28.6 Å². The van der Waals surface area contributed by atoms with Crippen molar-refractivity contribution in [3.63, 3.8) is 0 Å². The van der Waals surface area contributed by atoms with Crippen LogP contribution in [0.3, 0.4) is 0 Å². The third-order valence-electron chi connectivity index (χ3n) is 2.45. The molecular formula is C13H18INO2. The first kappa shape index (κ1) is 14.4. The minimum Gasteiger partial charge on any atom is -0.480 e. The summed E-state index contributed by atoms with van der Waals surface area (Å²) in [7, 11) is 0. The van der Waals surface area contributed by atoms with Crippen LogP contribution in [0.4, 0.5) is 0 Å². The summed E-state index contributed by atoms with van der Waals surface area (Å²) in [5.74, 6) is -0.399. The number of rotatable bonds is 6. The van der Waals surface area contributed by atoms with E-state index in [1.54, 1.807) is 0 Å². The summed E-state index contributed by atoms with van der Waals surface area (Å²) in [6.45, 7) is 4.66. The van der Waals surface area contributed by atoms with Gasteiger partial charge < -0.3 is 10.4 Å². The highest BCUT2D eigenvalue weighted by molar-refractivity contribution is 14.1. The number of aliphatic carboxylic acids is 1. The standard InChI is InChI=1S/C13H18INO2/c1-9(2)6-12(13(16)17)15-8-10-4-3-5-11(14)7-10/h3-5,7,9,12,15H,6,8H2,1-2H3,(H,16,17)/t12-/m0/s1. The van der Waals surface area contributed by atoms with Crippen molar-refractivity contribution in [3.05, 3.63) is 33.4 Å². The van der Waals surface area contributed by atoms with Crippen LogP contribution in [0.5, 0.6) is 0 Å². The second-order valence-corrected chi connectivity index (χ2v) is 5.78. The maximum absolute atomic E-state index is 11.1. The van der Waals surface area contributed by atoms with Crippen LogP contribution in [-0.2, 0) is 11.3 Å². The smallest absolute Gasteiger partial charge is 0.320 e. The number of nitrogens with one attached hydrogen (secondary N) is 1. The van der Waals surface area contributed by atoms with Gasteiger partial charge >= 0.3 is 5.97 Å². The van der Waals surface area contributed by atoms with E-state index in [-0.39, 0.29) is 0 Å². The second kappa shape index (κ2) is 6.96. The van der Waals surface area contributed by atoms with Crippen LogP contribution >= 0.6 is 22.6 Å². The van der Waals surface area contributed by atoms with Gasteiger partial charge in [-0.3, -0.25) is 4.79 Å². The fraction of sp³-hybridized carbons (Fsp3) is 0.462. The summed E-state index contributed by atoms with van der Waals surface area (Å²) in [6, 6.07) is 7.60. The van der Waals surface area contributed by atoms with Gasteiger partial charge in [0.2, 0.25) is 0 Å². The molecule has 0 saturated heterocycles. The summed E-state index contributed by atoms with van der Waals surface area (Å²) in [6.07, 6.45) is 0.652. The largest absolute Gasteiger partial charge is 0.480 e. The van der Waals surface area contributed by atoms with Gasteiger partial charge in [-0.25, -0.2) is 0 Å². The first-order chi connectivity index (χ1) is 7.99. The molecule has 0 amide bonds.